The van der Waals surface area contributed by atoms with Gasteiger partial charge in [0.05, 0.1) is 0 Å². The van der Waals surface area contributed by atoms with Crippen molar-refractivity contribution in [3.63, 3.8) is 0 Å². The van der Waals surface area contributed by atoms with Gasteiger partial charge in [-0.3, -0.25) is 4.79 Å². The Bertz CT molecular complexity index is 387. The summed E-state index contributed by atoms with van der Waals surface area (Å²) in [5.41, 5.74) is 3.15. The van der Waals surface area contributed by atoms with Crippen LogP contribution in [-0.4, -0.2) is 17.9 Å². The van der Waals surface area contributed by atoms with Crippen molar-refractivity contribution in [1.82, 2.24) is 4.90 Å². The number of carbonyl (C=O) groups is 1. The summed E-state index contributed by atoms with van der Waals surface area (Å²) in [4.78, 5) is 13.3. The third-order valence-electron chi connectivity index (χ3n) is 2.37. The van der Waals surface area contributed by atoms with E-state index in [2.05, 4.69) is 22.0 Å². The van der Waals surface area contributed by atoms with Crippen molar-refractivity contribution in [2.75, 3.05) is 7.05 Å². The molecule has 0 unspecified atom stereocenters. The molecule has 2 rings (SSSR count). The second-order valence-corrected chi connectivity index (χ2v) is 4.27. The highest BCUT2D eigenvalue weighted by atomic mass is 79.9. The molecule has 0 aromatic heterocycles. The summed E-state index contributed by atoms with van der Waals surface area (Å²) in [5, 5.41) is 0. The standard InChI is InChI=1S/C10H10BrNO/c1-6-3-7-5-12(2)10(13)8(7)4-9(6)11/h3-4H,5H2,1-2H3. The minimum absolute atomic E-state index is 0.121. The summed E-state index contributed by atoms with van der Waals surface area (Å²) in [5.74, 6) is 0.121. The Morgan fingerprint density at radius 3 is 2.85 bits per heavy atom. The number of hydrogen-bond donors (Lipinski definition) is 0. The highest BCUT2D eigenvalue weighted by molar-refractivity contribution is 9.10. The first-order valence-corrected chi connectivity index (χ1v) is 4.93. The zero-order valence-electron chi connectivity index (χ0n) is 7.60. The lowest BCUT2D eigenvalue weighted by Crippen LogP contribution is -2.17. The third-order valence-corrected chi connectivity index (χ3v) is 3.22. The van der Waals surface area contributed by atoms with Gasteiger partial charge in [-0.15, -0.1) is 0 Å². The molecule has 1 aliphatic rings. The van der Waals surface area contributed by atoms with Gasteiger partial charge in [0.15, 0.2) is 0 Å². The Balaban J connectivity index is 2.59. The van der Waals surface area contributed by atoms with Gasteiger partial charge in [-0.1, -0.05) is 22.0 Å². The van der Waals surface area contributed by atoms with Crippen molar-refractivity contribution in [3.8, 4) is 0 Å². The number of benzene rings is 1. The Hall–Kier alpha value is -0.830. The summed E-state index contributed by atoms with van der Waals surface area (Å²) in [6, 6.07) is 3.98. The molecule has 68 valence electrons. The molecule has 3 heteroatoms. The van der Waals surface area contributed by atoms with Gasteiger partial charge in [0.25, 0.3) is 5.91 Å². The van der Waals surface area contributed by atoms with E-state index in [0.29, 0.717) is 0 Å². The molecular weight excluding hydrogens is 230 g/mol. The molecule has 13 heavy (non-hydrogen) atoms. The fourth-order valence-corrected chi connectivity index (χ4v) is 1.95. The van der Waals surface area contributed by atoms with Crippen LogP contribution in [0, 0.1) is 6.92 Å². The van der Waals surface area contributed by atoms with Gasteiger partial charge in [0, 0.05) is 23.6 Å². The van der Waals surface area contributed by atoms with Crippen molar-refractivity contribution < 1.29 is 4.79 Å². The van der Waals surface area contributed by atoms with E-state index < -0.39 is 0 Å². The SMILES string of the molecule is Cc1cc2c(cc1Br)C(=O)N(C)C2. The average Bonchev–Trinajstić information content (AvgIpc) is 2.32. The van der Waals surface area contributed by atoms with Gasteiger partial charge in [0.2, 0.25) is 0 Å². The summed E-state index contributed by atoms with van der Waals surface area (Å²) in [6.45, 7) is 2.77. The van der Waals surface area contributed by atoms with Crippen molar-refractivity contribution in [1.29, 1.82) is 0 Å². The van der Waals surface area contributed by atoms with E-state index in [0.717, 1.165) is 22.1 Å². The van der Waals surface area contributed by atoms with Crippen molar-refractivity contribution in [2.45, 2.75) is 13.5 Å². The molecule has 0 saturated heterocycles. The Kier molecular flexibility index (Phi) is 1.91. The van der Waals surface area contributed by atoms with Crippen LogP contribution in [0.5, 0.6) is 0 Å². The predicted octanol–water partition coefficient (Wildman–Crippen LogP) is 2.34. The normalized spacial score (nSPS) is 15.0. The highest BCUT2D eigenvalue weighted by Crippen LogP contribution is 2.27. The van der Waals surface area contributed by atoms with Gasteiger partial charge < -0.3 is 4.90 Å². The number of carbonyl (C=O) groups excluding carboxylic acids is 1. The molecule has 1 aromatic rings. The van der Waals surface area contributed by atoms with Crippen LogP contribution in [0.3, 0.4) is 0 Å². The lowest BCUT2D eigenvalue weighted by atomic mass is 10.1. The second-order valence-electron chi connectivity index (χ2n) is 3.42. The van der Waals surface area contributed by atoms with Crippen molar-refractivity contribution in [3.05, 3.63) is 33.3 Å². The minimum atomic E-state index is 0.121. The first-order valence-electron chi connectivity index (χ1n) is 4.14. The van der Waals surface area contributed by atoms with Crippen LogP contribution in [-0.2, 0) is 6.54 Å². The van der Waals surface area contributed by atoms with E-state index in [4.69, 9.17) is 0 Å². The number of halogens is 1. The average molecular weight is 240 g/mol. The number of hydrogen-bond acceptors (Lipinski definition) is 1. The van der Waals surface area contributed by atoms with Gasteiger partial charge in [-0.05, 0) is 24.1 Å². The fourth-order valence-electron chi connectivity index (χ4n) is 1.60. The molecule has 0 aliphatic carbocycles. The maximum absolute atomic E-state index is 11.6. The predicted molar refractivity (Wildman–Crippen MR) is 54.7 cm³/mol. The Morgan fingerprint density at radius 1 is 1.46 bits per heavy atom. The molecule has 1 aliphatic heterocycles. The minimum Gasteiger partial charge on any atom is -0.337 e. The summed E-state index contributed by atoms with van der Waals surface area (Å²) in [6.07, 6.45) is 0. The van der Waals surface area contributed by atoms with E-state index in [-0.39, 0.29) is 5.91 Å². The molecule has 1 amide bonds. The monoisotopic (exact) mass is 239 g/mol. The van der Waals surface area contributed by atoms with Gasteiger partial charge in [-0.2, -0.15) is 0 Å². The second kappa shape index (κ2) is 2.84. The van der Waals surface area contributed by atoms with Crippen molar-refractivity contribution in [2.24, 2.45) is 0 Å². The molecule has 2 nitrogen and oxygen atoms in total. The lowest BCUT2D eigenvalue weighted by molar-refractivity contribution is 0.0816. The van der Waals surface area contributed by atoms with Crippen LogP contribution in [0.1, 0.15) is 21.5 Å². The molecule has 1 aromatic carbocycles. The van der Waals surface area contributed by atoms with Crippen LogP contribution < -0.4 is 0 Å². The number of fused-ring (bicyclic) bond motifs is 1. The van der Waals surface area contributed by atoms with Crippen LogP contribution in [0.15, 0.2) is 16.6 Å². The van der Waals surface area contributed by atoms with Crippen LogP contribution in [0.25, 0.3) is 0 Å². The summed E-state index contributed by atoms with van der Waals surface area (Å²) < 4.78 is 1.01. The quantitative estimate of drug-likeness (QED) is 0.681. The molecule has 0 bridgehead atoms. The summed E-state index contributed by atoms with van der Waals surface area (Å²) in [7, 11) is 1.82. The first kappa shape index (κ1) is 8.75. The van der Waals surface area contributed by atoms with Crippen LogP contribution in [0.4, 0.5) is 0 Å². The summed E-state index contributed by atoms with van der Waals surface area (Å²) >= 11 is 3.43. The smallest absolute Gasteiger partial charge is 0.254 e. The topological polar surface area (TPSA) is 20.3 Å². The Labute approximate surface area is 85.7 Å². The first-order chi connectivity index (χ1) is 6.09. The largest absolute Gasteiger partial charge is 0.337 e. The van der Waals surface area contributed by atoms with E-state index >= 15 is 0 Å². The molecule has 0 N–H and O–H groups in total. The van der Waals surface area contributed by atoms with Gasteiger partial charge in [-0.25, -0.2) is 0 Å². The molecule has 0 radical (unpaired) electrons. The number of nitrogens with zero attached hydrogens (tertiary/aromatic N) is 1. The number of aryl methyl sites for hydroxylation is 1. The molecule has 0 saturated carbocycles. The van der Waals surface area contributed by atoms with Crippen LogP contribution in [0.2, 0.25) is 0 Å². The molecule has 0 fully saturated rings. The third kappa shape index (κ3) is 1.27. The molecule has 0 spiro atoms. The highest BCUT2D eigenvalue weighted by Gasteiger charge is 2.24. The van der Waals surface area contributed by atoms with E-state index in [1.54, 1.807) is 4.90 Å². The van der Waals surface area contributed by atoms with Gasteiger partial charge >= 0.3 is 0 Å². The zero-order valence-corrected chi connectivity index (χ0v) is 9.18. The van der Waals surface area contributed by atoms with E-state index in [1.807, 2.05) is 20.0 Å². The van der Waals surface area contributed by atoms with Gasteiger partial charge in [0.1, 0.15) is 0 Å². The fraction of sp³-hybridized carbons (Fsp3) is 0.300. The van der Waals surface area contributed by atoms with Crippen LogP contribution >= 0.6 is 15.9 Å². The van der Waals surface area contributed by atoms with E-state index in [1.165, 1.54) is 5.56 Å². The lowest BCUT2D eigenvalue weighted by Gasteiger charge is -2.04. The zero-order chi connectivity index (χ0) is 9.59. The number of amides is 1. The molecule has 1 heterocycles. The Morgan fingerprint density at radius 2 is 2.15 bits per heavy atom. The van der Waals surface area contributed by atoms with E-state index in [9.17, 15) is 4.79 Å². The maximum atomic E-state index is 11.6. The number of rotatable bonds is 0. The molecule has 0 atom stereocenters. The molecular formula is C10H10BrNO. The maximum Gasteiger partial charge on any atom is 0.254 e. The van der Waals surface area contributed by atoms with Crippen molar-refractivity contribution >= 4 is 21.8 Å².